The van der Waals surface area contributed by atoms with E-state index < -0.39 is 0 Å². The zero-order valence-corrected chi connectivity index (χ0v) is 13.2. The third-order valence-corrected chi connectivity index (χ3v) is 2.94. The number of rotatable bonds is 1. The van der Waals surface area contributed by atoms with Crippen molar-refractivity contribution in [2.24, 2.45) is 0 Å². The van der Waals surface area contributed by atoms with Crippen molar-refractivity contribution in [3.8, 4) is 11.5 Å². The number of aromatic hydroxyl groups is 2. The van der Waals surface area contributed by atoms with Gasteiger partial charge in [0.1, 0.15) is 18.3 Å². The monoisotopic (exact) mass is 288 g/mol. The molecule has 0 aliphatic rings. The Balaban J connectivity index is 0.000000354. The van der Waals surface area contributed by atoms with E-state index in [9.17, 15) is 5.11 Å². The van der Waals surface area contributed by atoms with Crippen molar-refractivity contribution in [2.45, 2.75) is 34.1 Å². The predicted octanol–water partition coefficient (Wildman–Crippen LogP) is 4.09. The number of carbonyl (C=O) groups is 1. The van der Waals surface area contributed by atoms with Crippen LogP contribution < -0.4 is 0 Å². The van der Waals surface area contributed by atoms with Gasteiger partial charge >= 0.3 is 0 Å². The first-order chi connectivity index (χ1) is 9.93. The van der Waals surface area contributed by atoms with Crippen LogP contribution in [0.5, 0.6) is 11.5 Å². The van der Waals surface area contributed by atoms with Gasteiger partial charge in [0, 0.05) is 0 Å². The summed E-state index contributed by atoms with van der Waals surface area (Å²) in [6, 6.07) is 11.1. The highest BCUT2D eigenvalue weighted by atomic mass is 16.3. The Morgan fingerprint density at radius 1 is 0.905 bits per heavy atom. The Morgan fingerprint density at radius 2 is 1.43 bits per heavy atom. The van der Waals surface area contributed by atoms with Gasteiger partial charge in [0.2, 0.25) is 0 Å². The predicted molar refractivity (Wildman–Crippen MR) is 86.9 cm³/mol. The van der Waals surface area contributed by atoms with Gasteiger partial charge in [-0.2, -0.15) is 0 Å². The zero-order chi connectivity index (χ0) is 16.4. The molecule has 0 spiro atoms. The summed E-state index contributed by atoms with van der Waals surface area (Å²) in [5.74, 6) is 0.786. The topological polar surface area (TPSA) is 57.5 Å². The average Bonchev–Trinajstić information content (AvgIpc) is 2.48. The lowest BCUT2D eigenvalue weighted by atomic mass is 10.0. The SMILES string of the molecule is C=O.CCc1cc(C)cc(C)c1O.Cc1ccc(O)cc1. The maximum Gasteiger partial charge on any atom is 0.121 e. The maximum absolute atomic E-state index is 9.52. The van der Waals surface area contributed by atoms with Crippen LogP contribution in [0.3, 0.4) is 0 Å². The van der Waals surface area contributed by atoms with Crippen LogP contribution in [0.25, 0.3) is 0 Å². The number of benzene rings is 2. The summed E-state index contributed by atoms with van der Waals surface area (Å²) in [6.07, 6.45) is 0.897. The number of phenols is 2. The van der Waals surface area contributed by atoms with Gasteiger partial charge in [0.25, 0.3) is 0 Å². The molecule has 21 heavy (non-hydrogen) atoms. The number of carbonyl (C=O) groups excluding carboxylic acids is 1. The molecule has 0 aromatic heterocycles. The van der Waals surface area contributed by atoms with Gasteiger partial charge in [-0.3, -0.25) is 0 Å². The molecule has 0 saturated carbocycles. The zero-order valence-electron chi connectivity index (χ0n) is 13.2. The molecule has 114 valence electrons. The molecular weight excluding hydrogens is 264 g/mol. The van der Waals surface area contributed by atoms with Gasteiger partial charge in [-0.25, -0.2) is 0 Å². The molecule has 0 aliphatic carbocycles. The molecule has 0 bridgehead atoms. The standard InChI is InChI=1S/C10H14O.C7H8O.CH2O/c1-4-9-6-7(2)5-8(3)10(9)11;1-6-2-4-7(8)5-3-6;1-2/h5-6,11H,4H2,1-3H3;2-5,8H,1H3;1H2. The first-order valence-electron chi connectivity index (χ1n) is 6.77. The third kappa shape index (κ3) is 6.61. The fourth-order valence-electron chi connectivity index (χ4n) is 1.86. The van der Waals surface area contributed by atoms with Gasteiger partial charge < -0.3 is 15.0 Å². The fraction of sp³-hybridized carbons (Fsp3) is 0.278. The van der Waals surface area contributed by atoms with Crippen LogP contribution in [-0.4, -0.2) is 17.0 Å². The van der Waals surface area contributed by atoms with Crippen molar-refractivity contribution in [1.29, 1.82) is 0 Å². The molecule has 0 amide bonds. The highest BCUT2D eigenvalue weighted by Gasteiger charge is 2.02. The molecule has 3 heteroatoms. The first-order valence-corrected chi connectivity index (χ1v) is 6.77. The lowest BCUT2D eigenvalue weighted by Gasteiger charge is -2.05. The summed E-state index contributed by atoms with van der Waals surface area (Å²) < 4.78 is 0. The van der Waals surface area contributed by atoms with Crippen molar-refractivity contribution in [3.63, 3.8) is 0 Å². The summed E-state index contributed by atoms with van der Waals surface area (Å²) in [6.45, 7) is 10.0. The Labute approximate surface area is 126 Å². The van der Waals surface area contributed by atoms with E-state index in [1.165, 1.54) is 11.1 Å². The van der Waals surface area contributed by atoms with Crippen LogP contribution in [0.4, 0.5) is 0 Å². The number of hydrogen-bond donors (Lipinski definition) is 2. The molecular formula is C18H24O3. The highest BCUT2D eigenvalue weighted by molar-refractivity contribution is 5.42. The van der Waals surface area contributed by atoms with E-state index in [0.717, 1.165) is 17.5 Å². The van der Waals surface area contributed by atoms with Crippen LogP contribution in [-0.2, 0) is 11.2 Å². The molecule has 0 radical (unpaired) electrons. The van der Waals surface area contributed by atoms with Gasteiger partial charge in [0.05, 0.1) is 0 Å². The molecule has 0 unspecified atom stereocenters. The lowest BCUT2D eigenvalue weighted by Crippen LogP contribution is -1.86. The van der Waals surface area contributed by atoms with E-state index in [1.54, 1.807) is 12.1 Å². The third-order valence-electron chi connectivity index (χ3n) is 2.94. The maximum atomic E-state index is 9.52. The summed E-state index contributed by atoms with van der Waals surface area (Å²) in [5.41, 5.74) is 4.41. The van der Waals surface area contributed by atoms with Crippen LogP contribution in [0, 0.1) is 20.8 Å². The summed E-state index contributed by atoms with van der Waals surface area (Å²) in [5, 5.41) is 18.3. The molecule has 3 nitrogen and oxygen atoms in total. The van der Waals surface area contributed by atoms with E-state index in [2.05, 4.69) is 0 Å². The molecule has 0 saturated heterocycles. The summed E-state index contributed by atoms with van der Waals surface area (Å²) >= 11 is 0. The Hall–Kier alpha value is -2.29. The summed E-state index contributed by atoms with van der Waals surface area (Å²) in [7, 11) is 0. The van der Waals surface area contributed by atoms with E-state index in [-0.39, 0.29) is 0 Å². The fourth-order valence-corrected chi connectivity index (χ4v) is 1.86. The molecule has 0 aliphatic heterocycles. The van der Waals surface area contributed by atoms with Crippen molar-refractivity contribution in [3.05, 3.63) is 58.7 Å². The van der Waals surface area contributed by atoms with E-state index in [4.69, 9.17) is 9.90 Å². The minimum Gasteiger partial charge on any atom is -0.508 e. The van der Waals surface area contributed by atoms with Gasteiger partial charge in [0.15, 0.2) is 0 Å². The van der Waals surface area contributed by atoms with Crippen molar-refractivity contribution < 1.29 is 15.0 Å². The van der Waals surface area contributed by atoms with Crippen LogP contribution in [0.1, 0.15) is 29.2 Å². The molecule has 2 aromatic rings. The molecule has 0 atom stereocenters. The van der Waals surface area contributed by atoms with Crippen LogP contribution >= 0.6 is 0 Å². The minimum atomic E-state index is 0.329. The molecule has 2 aromatic carbocycles. The molecule has 0 fully saturated rings. The summed E-state index contributed by atoms with van der Waals surface area (Å²) in [4.78, 5) is 8.00. The highest BCUT2D eigenvalue weighted by Crippen LogP contribution is 2.23. The quantitative estimate of drug-likeness (QED) is 0.831. The normalized spacial score (nSPS) is 8.95. The smallest absolute Gasteiger partial charge is 0.121 e. The van der Waals surface area contributed by atoms with Gasteiger partial charge in [-0.1, -0.05) is 42.3 Å². The largest absolute Gasteiger partial charge is 0.508 e. The second kappa shape index (κ2) is 9.59. The van der Waals surface area contributed by atoms with Crippen molar-refractivity contribution in [2.75, 3.05) is 0 Å². The number of phenolic OH excluding ortho intramolecular Hbond substituents is 2. The van der Waals surface area contributed by atoms with Crippen LogP contribution in [0.2, 0.25) is 0 Å². The second-order valence-corrected chi connectivity index (χ2v) is 4.78. The van der Waals surface area contributed by atoms with Gasteiger partial charge in [-0.05, 0) is 50.5 Å². The minimum absolute atomic E-state index is 0.329. The average molecular weight is 288 g/mol. The number of hydrogen-bond acceptors (Lipinski definition) is 3. The van der Waals surface area contributed by atoms with Crippen molar-refractivity contribution in [1.82, 2.24) is 0 Å². The number of aryl methyl sites for hydroxylation is 4. The Kier molecular flexibility index (Phi) is 8.54. The van der Waals surface area contributed by atoms with Crippen molar-refractivity contribution >= 4 is 6.79 Å². The lowest BCUT2D eigenvalue weighted by molar-refractivity contribution is -0.0979. The molecule has 2 N–H and O–H groups in total. The van der Waals surface area contributed by atoms with E-state index >= 15 is 0 Å². The Morgan fingerprint density at radius 3 is 1.86 bits per heavy atom. The van der Waals surface area contributed by atoms with Crippen LogP contribution in [0.15, 0.2) is 36.4 Å². The first kappa shape index (κ1) is 18.7. The second-order valence-electron chi connectivity index (χ2n) is 4.78. The van der Waals surface area contributed by atoms with Gasteiger partial charge in [-0.15, -0.1) is 0 Å². The van der Waals surface area contributed by atoms with E-state index in [0.29, 0.717) is 11.5 Å². The molecule has 2 rings (SSSR count). The molecule has 0 heterocycles. The van der Waals surface area contributed by atoms with E-state index in [1.807, 2.05) is 58.7 Å². The Bertz CT molecular complexity index is 524.